The molecule has 1 fully saturated rings. The first-order chi connectivity index (χ1) is 10.7. The summed E-state index contributed by atoms with van der Waals surface area (Å²) in [5, 5.41) is 0. The molecule has 6 heteroatoms. The zero-order valence-electron chi connectivity index (χ0n) is 12.8. The van der Waals surface area contributed by atoms with Gasteiger partial charge in [-0.3, -0.25) is 0 Å². The van der Waals surface area contributed by atoms with Gasteiger partial charge < -0.3 is 23.8 Å². The van der Waals surface area contributed by atoms with E-state index in [2.05, 4.69) is 0 Å². The number of benzene rings is 1. The van der Waals surface area contributed by atoms with Crippen molar-refractivity contribution in [1.82, 2.24) is 0 Å². The zero-order valence-corrected chi connectivity index (χ0v) is 12.8. The first-order valence-electron chi connectivity index (χ1n) is 7.74. The predicted octanol–water partition coefficient (Wildman–Crippen LogP) is -0.0818. The highest BCUT2D eigenvalue weighted by atomic mass is 16.6. The molecule has 0 aromatic heterocycles. The van der Waals surface area contributed by atoms with Crippen molar-refractivity contribution in [3.63, 3.8) is 0 Å². The Bertz CT molecular complexity index is 527. The van der Waals surface area contributed by atoms with Gasteiger partial charge in [-0.05, 0) is 25.1 Å². The highest BCUT2D eigenvalue weighted by Gasteiger charge is 2.21. The molecule has 1 saturated heterocycles. The van der Waals surface area contributed by atoms with Gasteiger partial charge in [0.15, 0.2) is 11.5 Å². The van der Waals surface area contributed by atoms with Crippen LogP contribution in [-0.4, -0.2) is 58.1 Å². The van der Waals surface area contributed by atoms with Crippen molar-refractivity contribution in [1.29, 1.82) is 0 Å². The summed E-state index contributed by atoms with van der Waals surface area (Å²) in [7, 11) is 0. The number of fused-ring (bicyclic) bond motifs is 1. The van der Waals surface area contributed by atoms with Crippen LogP contribution in [-0.2, 0) is 9.47 Å². The predicted molar refractivity (Wildman–Crippen MR) is 78.7 cm³/mol. The molecule has 0 radical (unpaired) electrons. The number of hydrogen-bond donors (Lipinski definition) is 1. The van der Waals surface area contributed by atoms with E-state index in [1.54, 1.807) is 18.2 Å². The Kier molecular flexibility index (Phi) is 4.80. The molecule has 22 heavy (non-hydrogen) atoms. The Labute approximate surface area is 129 Å². The quantitative estimate of drug-likeness (QED) is 0.789. The Morgan fingerprint density at radius 1 is 1.18 bits per heavy atom. The van der Waals surface area contributed by atoms with Crippen molar-refractivity contribution in [2.45, 2.75) is 13.0 Å². The molecule has 1 aromatic rings. The molecule has 0 bridgehead atoms. The molecule has 2 aliphatic rings. The fourth-order valence-electron chi connectivity index (χ4n) is 2.73. The minimum Gasteiger partial charge on any atom is -0.486 e. The monoisotopic (exact) mass is 308 g/mol. The van der Waals surface area contributed by atoms with Crippen LogP contribution < -0.4 is 14.4 Å². The maximum absolute atomic E-state index is 12.2. The lowest BCUT2D eigenvalue weighted by atomic mass is 10.2. The molecular weight excluding hydrogens is 286 g/mol. The lowest BCUT2D eigenvalue weighted by Crippen LogP contribution is -3.15. The SMILES string of the molecule is CC(C[NH+]1CCOCC1)OC(=O)c1ccc2c(c1)OCCO2. The number of carbonyl (C=O) groups is 1. The third kappa shape index (κ3) is 3.69. The van der Waals surface area contributed by atoms with Gasteiger partial charge in [-0.2, -0.15) is 0 Å². The van der Waals surface area contributed by atoms with Crippen molar-refractivity contribution >= 4 is 5.97 Å². The number of hydrogen-bond acceptors (Lipinski definition) is 5. The van der Waals surface area contributed by atoms with E-state index in [0.29, 0.717) is 30.3 Å². The van der Waals surface area contributed by atoms with Crippen LogP contribution in [0.15, 0.2) is 18.2 Å². The summed E-state index contributed by atoms with van der Waals surface area (Å²) in [5.41, 5.74) is 0.494. The third-order valence-electron chi connectivity index (χ3n) is 3.86. The van der Waals surface area contributed by atoms with Gasteiger partial charge in [0, 0.05) is 0 Å². The Morgan fingerprint density at radius 2 is 1.91 bits per heavy atom. The second-order valence-electron chi connectivity index (χ2n) is 5.64. The molecule has 0 aliphatic carbocycles. The fourth-order valence-corrected chi connectivity index (χ4v) is 2.73. The highest BCUT2D eigenvalue weighted by molar-refractivity contribution is 5.90. The maximum Gasteiger partial charge on any atom is 0.338 e. The number of rotatable bonds is 4. The Balaban J connectivity index is 1.56. The van der Waals surface area contributed by atoms with E-state index in [9.17, 15) is 4.79 Å². The third-order valence-corrected chi connectivity index (χ3v) is 3.86. The summed E-state index contributed by atoms with van der Waals surface area (Å²) in [5.74, 6) is 0.956. The van der Waals surface area contributed by atoms with E-state index in [0.717, 1.165) is 32.8 Å². The molecule has 0 spiro atoms. The second kappa shape index (κ2) is 6.98. The number of esters is 1. The summed E-state index contributed by atoms with van der Waals surface area (Å²) in [6.07, 6.45) is -0.131. The van der Waals surface area contributed by atoms with E-state index in [-0.39, 0.29) is 12.1 Å². The molecule has 1 N–H and O–H groups in total. The van der Waals surface area contributed by atoms with Gasteiger partial charge in [-0.25, -0.2) is 4.79 Å². The molecule has 0 saturated carbocycles. The van der Waals surface area contributed by atoms with E-state index in [1.807, 2.05) is 6.92 Å². The average Bonchev–Trinajstić information content (AvgIpc) is 2.55. The van der Waals surface area contributed by atoms with E-state index >= 15 is 0 Å². The molecule has 3 rings (SSSR count). The average molecular weight is 308 g/mol. The van der Waals surface area contributed by atoms with E-state index < -0.39 is 0 Å². The van der Waals surface area contributed by atoms with Crippen molar-refractivity contribution in [2.75, 3.05) is 46.1 Å². The topological polar surface area (TPSA) is 58.4 Å². The van der Waals surface area contributed by atoms with Crippen LogP contribution in [0.2, 0.25) is 0 Å². The Morgan fingerprint density at radius 3 is 2.68 bits per heavy atom. The van der Waals surface area contributed by atoms with Gasteiger partial charge in [0.25, 0.3) is 0 Å². The molecular formula is C16H22NO5+. The summed E-state index contributed by atoms with van der Waals surface area (Å²) in [6, 6.07) is 5.15. The lowest BCUT2D eigenvalue weighted by molar-refractivity contribution is -0.910. The molecule has 1 aromatic carbocycles. The summed E-state index contributed by atoms with van der Waals surface area (Å²) >= 11 is 0. The van der Waals surface area contributed by atoms with Crippen LogP contribution in [0.3, 0.4) is 0 Å². The molecule has 2 heterocycles. The zero-order chi connectivity index (χ0) is 15.4. The van der Waals surface area contributed by atoms with Crippen LogP contribution in [0.5, 0.6) is 11.5 Å². The van der Waals surface area contributed by atoms with Crippen LogP contribution >= 0.6 is 0 Å². The largest absolute Gasteiger partial charge is 0.486 e. The van der Waals surface area contributed by atoms with Crippen LogP contribution in [0, 0.1) is 0 Å². The second-order valence-corrected chi connectivity index (χ2v) is 5.64. The maximum atomic E-state index is 12.2. The van der Waals surface area contributed by atoms with Gasteiger partial charge in [0.2, 0.25) is 0 Å². The lowest BCUT2D eigenvalue weighted by Gasteiger charge is -2.26. The minimum atomic E-state index is -0.322. The molecule has 1 unspecified atom stereocenters. The van der Waals surface area contributed by atoms with E-state index in [1.165, 1.54) is 4.90 Å². The number of ether oxygens (including phenoxy) is 4. The molecule has 2 aliphatic heterocycles. The number of morpholine rings is 1. The smallest absolute Gasteiger partial charge is 0.338 e. The van der Waals surface area contributed by atoms with Crippen LogP contribution in [0.1, 0.15) is 17.3 Å². The standard InChI is InChI=1S/C16H21NO5/c1-12(11-17-4-6-19-7-5-17)22-16(18)13-2-3-14-15(10-13)21-9-8-20-14/h2-3,10,12H,4-9,11H2,1H3/p+1. The van der Waals surface area contributed by atoms with E-state index in [4.69, 9.17) is 18.9 Å². The first kappa shape index (κ1) is 15.1. The van der Waals surface area contributed by atoms with Crippen LogP contribution in [0.4, 0.5) is 0 Å². The molecule has 0 amide bonds. The van der Waals surface area contributed by atoms with Crippen molar-refractivity contribution < 1.29 is 28.6 Å². The van der Waals surface area contributed by atoms with Gasteiger partial charge in [-0.15, -0.1) is 0 Å². The van der Waals surface area contributed by atoms with Gasteiger partial charge in [0.05, 0.1) is 18.8 Å². The fraction of sp³-hybridized carbons (Fsp3) is 0.562. The van der Waals surface area contributed by atoms with Crippen LogP contribution in [0.25, 0.3) is 0 Å². The van der Waals surface area contributed by atoms with Crippen molar-refractivity contribution in [3.05, 3.63) is 23.8 Å². The molecule has 6 nitrogen and oxygen atoms in total. The highest BCUT2D eigenvalue weighted by Crippen LogP contribution is 2.30. The minimum absolute atomic E-state index is 0.131. The number of carbonyl (C=O) groups excluding carboxylic acids is 1. The van der Waals surface area contributed by atoms with Crippen molar-refractivity contribution in [2.24, 2.45) is 0 Å². The van der Waals surface area contributed by atoms with Gasteiger partial charge >= 0.3 is 5.97 Å². The van der Waals surface area contributed by atoms with Crippen molar-refractivity contribution in [3.8, 4) is 11.5 Å². The normalized spacial score (nSPS) is 19.5. The molecule has 1 atom stereocenters. The Hall–Kier alpha value is -1.79. The number of nitrogens with one attached hydrogen (secondary N) is 1. The van der Waals surface area contributed by atoms with Gasteiger partial charge in [-0.1, -0.05) is 0 Å². The first-order valence-corrected chi connectivity index (χ1v) is 7.74. The van der Waals surface area contributed by atoms with Gasteiger partial charge in [0.1, 0.15) is 39.0 Å². The summed E-state index contributed by atoms with van der Waals surface area (Å²) in [6.45, 7) is 7.25. The summed E-state index contributed by atoms with van der Waals surface area (Å²) in [4.78, 5) is 13.6. The number of quaternary nitrogens is 1. The molecule has 120 valence electrons. The summed E-state index contributed by atoms with van der Waals surface area (Å²) < 4.78 is 21.8.